The van der Waals surface area contributed by atoms with Crippen LogP contribution in [0.2, 0.25) is 0 Å². The van der Waals surface area contributed by atoms with E-state index in [1.165, 1.54) is 30.5 Å². The quantitative estimate of drug-likeness (QED) is 0.627. The van der Waals surface area contributed by atoms with Gasteiger partial charge in [-0.2, -0.15) is 5.10 Å². The van der Waals surface area contributed by atoms with Crippen molar-refractivity contribution in [3.8, 4) is 11.5 Å². The predicted octanol–water partition coefficient (Wildman–Crippen LogP) is 0.827. The first-order valence-electron chi connectivity index (χ1n) is 6.80. The SMILES string of the molecule is NS(=O)(=O)c1ccccc1C(=O)NN=Cc1ccc2c(c1)OCO2. The number of nitrogens with zero attached hydrogens (tertiary/aromatic N) is 1. The van der Waals surface area contributed by atoms with Gasteiger partial charge in [-0.15, -0.1) is 0 Å². The molecular weight excluding hydrogens is 334 g/mol. The second-order valence-electron chi connectivity index (χ2n) is 4.85. The zero-order valence-corrected chi connectivity index (χ0v) is 13.1. The number of nitrogens with two attached hydrogens (primary N) is 1. The molecule has 0 unspecified atom stereocenters. The van der Waals surface area contributed by atoms with Gasteiger partial charge in [-0.05, 0) is 35.9 Å². The molecule has 0 aliphatic carbocycles. The van der Waals surface area contributed by atoms with Crippen LogP contribution in [-0.4, -0.2) is 27.3 Å². The molecule has 0 saturated carbocycles. The van der Waals surface area contributed by atoms with Crippen LogP contribution in [0.1, 0.15) is 15.9 Å². The molecular formula is C15H13N3O5S. The molecule has 3 rings (SSSR count). The Balaban J connectivity index is 1.74. The monoisotopic (exact) mass is 347 g/mol. The van der Waals surface area contributed by atoms with Gasteiger partial charge in [-0.25, -0.2) is 19.0 Å². The molecule has 1 amide bonds. The van der Waals surface area contributed by atoms with Crippen molar-refractivity contribution in [1.82, 2.24) is 5.43 Å². The molecule has 0 aromatic heterocycles. The molecule has 124 valence electrons. The van der Waals surface area contributed by atoms with Crippen LogP contribution >= 0.6 is 0 Å². The topological polar surface area (TPSA) is 120 Å². The number of amides is 1. The van der Waals surface area contributed by atoms with Crippen molar-refractivity contribution >= 4 is 22.1 Å². The Morgan fingerprint density at radius 1 is 1.17 bits per heavy atom. The van der Waals surface area contributed by atoms with Crippen LogP contribution in [0, 0.1) is 0 Å². The van der Waals surface area contributed by atoms with Crippen LogP contribution in [-0.2, 0) is 10.0 Å². The van der Waals surface area contributed by atoms with Crippen molar-refractivity contribution in [1.29, 1.82) is 0 Å². The predicted molar refractivity (Wildman–Crippen MR) is 85.4 cm³/mol. The molecule has 2 aromatic carbocycles. The maximum absolute atomic E-state index is 12.1. The minimum Gasteiger partial charge on any atom is -0.454 e. The van der Waals surface area contributed by atoms with Gasteiger partial charge in [0.05, 0.1) is 16.7 Å². The van der Waals surface area contributed by atoms with Crippen LogP contribution in [0.4, 0.5) is 0 Å². The summed E-state index contributed by atoms with van der Waals surface area (Å²) < 4.78 is 33.4. The zero-order valence-electron chi connectivity index (χ0n) is 12.3. The summed E-state index contributed by atoms with van der Waals surface area (Å²) in [4.78, 5) is 11.8. The summed E-state index contributed by atoms with van der Waals surface area (Å²) in [5.74, 6) is 0.541. The lowest BCUT2D eigenvalue weighted by Crippen LogP contribution is -2.23. The maximum atomic E-state index is 12.1. The summed E-state index contributed by atoms with van der Waals surface area (Å²) >= 11 is 0. The van der Waals surface area contributed by atoms with E-state index in [0.29, 0.717) is 17.1 Å². The van der Waals surface area contributed by atoms with E-state index in [2.05, 4.69) is 10.5 Å². The summed E-state index contributed by atoms with van der Waals surface area (Å²) in [7, 11) is -4.01. The zero-order chi connectivity index (χ0) is 17.2. The van der Waals surface area contributed by atoms with E-state index >= 15 is 0 Å². The summed E-state index contributed by atoms with van der Waals surface area (Å²) in [5, 5.41) is 8.91. The lowest BCUT2D eigenvalue weighted by molar-refractivity contribution is 0.0952. The number of hydrogen-bond donors (Lipinski definition) is 2. The smallest absolute Gasteiger partial charge is 0.272 e. The van der Waals surface area contributed by atoms with Gasteiger partial charge in [-0.3, -0.25) is 4.79 Å². The maximum Gasteiger partial charge on any atom is 0.272 e. The Kier molecular flexibility index (Phi) is 4.19. The van der Waals surface area contributed by atoms with Crippen molar-refractivity contribution in [3.63, 3.8) is 0 Å². The van der Waals surface area contributed by atoms with E-state index < -0.39 is 15.9 Å². The van der Waals surface area contributed by atoms with Crippen LogP contribution < -0.4 is 20.0 Å². The van der Waals surface area contributed by atoms with Crippen molar-refractivity contribution in [2.75, 3.05) is 6.79 Å². The molecule has 24 heavy (non-hydrogen) atoms. The standard InChI is InChI=1S/C15H13N3O5S/c16-24(20,21)14-4-2-1-3-11(14)15(19)18-17-8-10-5-6-12-13(7-10)23-9-22-12/h1-8H,9H2,(H,18,19)(H2,16,20,21). The number of sulfonamides is 1. The van der Waals surface area contributed by atoms with Gasteiger partial charge in [0.15, 0.2) is 11.5 Å². The van der Waals surface area contributed by atoms with Crippen LogP contribution in [0.15, 0.2) is 52.5 Å². The van der Waals surface area contributed by atoms with E-state index in [9.17, 15) is 13.2 Å². The molecule has 0 saturated heterocycles. The number of carbonyl (C=O) groups excluding carboxylic acids is 1. The fourth-order valence-electron chi connectivity index (χ4n) is 2.12. The van der Waals surface area contributed by atoms with Crippen molar-refractivity contribution in [2.45, 2.75) is 4.90 Å². The van der Waals surface area contributed by atoms with Gasteiger partial charge in [-0.1, -0.05) is 12.1 Å². The van der Waals surface area contributed by atoms with Gasteiger partial charge >= 0.3 is 0 Å². The average Bonchev–Trinajstić information content (AvgIpc) is 3.01. The van der Waals surface area contributed by atoms with Gasteiger partial charge in [0.25, 0.3) is 5.91 Å². The normalized spacial score (nSPS) is 13.2. The Labute approximate surface area is 137 Å². The number of nitrogens with one attached hydrogen (secondary N) is 1. The lowest BCUT2D eigenvalue weighted by Gasteiger charge is -2.05. The highest BCUT2D eigenvalue weighted by Crippen LogP contribution is 2.31. The Morgan fingerprint density at radius 2 is 1.92 bits per heavy atom. The van der Waals surface area contributed by atoms with Crippen LogP contribution in [0.25, 0.3) is 0 Å². The first kappa shape index (κ1) is 16.0. The van der Waals surface area contributed by atoms with Gasteiger partial charge < -0.3 is 9.47 Å². The first-order chi connectivity index (χ1) is 11.4. The molecule has 8 nitrogen and oxygen atoms in total. The highest BCUT2D eigenvalue weighted by atomic mass is 32.2. The molecule has 0 atom stereocenters. The van der Waals surface area contributed by atoms with E-state index in [1.807, 2.05) is 0 Å². The van der Waals surface area contributed by atoms with E-state index in [1.54, 1.807) is 18.2 Å². The van der Waals surface area contributed by atoms with Crippen LogP contribution in [0.3, 0.4) is 0 Å². The molecule has 1 heterocycles. The van der Waals surface area contributed by atoms with Gasteiger partial charge in [0, 0.05) is 0 Å². The third-order valence-corrected chi connectivity index (χ3v) is 4.18. The summed E-state index contributed by atoms with van der Waals surface area (Å²) in [6, 6.07) is 10.8. The largest absolute Gasteiger partial charge is 0.454 e. The average molecular weight is 347 g/mol. The molecule has 9 heteroatoms. The number of rotatable bonds is 4. The molecule has 1 aliphatic rings. The molecule has 2 aromatic rings. The van der Waals surface area contributed by atoms with Crippen molar-refractivity contribution in [2.24, 2.45) is 10.2 Å². The Morgan fingerprint density at radius 3 is 2.71 bits per heavy atom. The third kappa shape index (κ3) is 3.36. The van der Waals surface area contributed by atoms with E-state index in [-0.39, 0.29) is 17.3 Å². The van der Waals surface area contributed by atoms with Crippen molar-refractivity contribution < 1.29 is 22.7 Å². The number of carbonyl (C=O) groups is 1. The molecule has 0 radical (unpaired) electrons. The number of hydrazone groups is 1. The minimum atomic E-state index is -4.01. The molecule has 3 N–H and O–H groups in total. The van der Waals surface area contributed by atoms with E-state index in [0.717, 1.165) is 0 Å². The van der Waals surface area contributed by atoms with Gasteiger partial charge in [0.2, 0.25) is 16.8 Å². The number of benzene rings is 2. The lowest BCUT2D eigenvalue weighted by atomic mass is 10.2. The molecule has 1 aliphatic heterocycles. The fraction of sp³-hybridized carbons (Fsp3) is 0.0667. The van der Waals surface area contributed by atoms with Crippen molar-refractivity contribution in [3.05, 3.63) is 53.6 Å². The minimum absolute atomic E-state index is 0.0807. The number of primary sulfonamides is 1. The second kappa shape index (κ2) is 6.30. The summed E-state index contributed by atoms with van der Waals surface area (Å²) in [6.45, 7) is 0.164. The number of hydrogen-bond acceptors (Lipinski definition) is 6. The highest BCUT2D eigenvalue weighted by Gasteiger charge is 2.18. The van der Waals surface area contributed by atoms with E-state index in [4.69, 9.17) is 14.6 Å². The fourth-order valence-corrected chi connectivity index (χ4v) is 2.86. The number of ether oxygens (including phenoxy) is 2. The Bertz CT molecular complexity index is 924. The van der Waals surface area contributed by atoms with Gasteiger partial charge in [0.1, 0.15) is 0 Å². The molecule has 0 fully saturated rings. The summed E-state index contributed by atoms with van der Waals surface area (Å²) in [5.41, 5.74) is 2.87. The second-order valence-corrected chi connectivity index (χ2v) is 6.38. The Hall–Kier alpha value is -2.91. The summed E-state index contributed by atoms with van der Waals surface area (Å²) in [6.07, 6.45) is 1.40. The highest BCUT2D eigenvalue weighted by molar-refractivity contribution is 7.89. The molecule has 0 bridgehead atoms. The third-order valence-electron chi connectivity index (χ3n) is 3.21. The molecule has 0 spiro atoms. The first-order valence-corrected chi connectivity index (χ1v) is 8.35. The number of fused-ring (bicyclic) bond motifs is 1. The van der Waals surface area contributed by atoms with Crippen LogP contribution in [0.5, 0.6) is 11.5 Å².